The fourth-order valence-corrected chi connectivity index (χ4v) is 3.52. The lowest BCUT2D eigenvalue weighted by molar-refractivity contribution is -0.0000182. The molecule has 0 aromatic carbocycles. The Hall–Kier alpha value is 0. The fourth-order valence-electron chi connectivity index (χ4n) is 3.52. The molecule has 2 bridgehead atoms. The van der Waals surface area contributed by atoms with E-state index in [1.165, 1.54) is 17.8 Å². The minimum Gasteiger partial charge on any atom is -0.0593 e. The van der Waals surface area contributed by atoms with Crippen LogP contribution in [0.15, 0.2) is 0 Å². The fraction of sp³-hybridized carbons (Fsp3) is 1.00. The van der Waals surface area contributed by atoms with Gasteiger partial charge in [-0.15, -0.1) is 0 Å². The van der Waals surface area contributed by atoms with Crippen LogP contribution in [0.3, 0.4) is 0 Å². The minimum absolute atomic E-state index is 0.855. The van der Waals surface area contributed by atoms with E-state index < -0.39 is 0 Å². The standard InChI is InChI=1S/C9H14/c1-9-4-6(5-9)2-7-3-8(7)9/h6-8H,2-5H2,1H3. The van der Waals surface area contributed by atoms with Crippen LogP contribution in [0.5, 0.6) is 0 Å². The number of hydrogen-bond acceptors (Lipinski definition) is 0. The zero-order chi connectivity index (χ0) is 6.06. The first kappa shape index (κ1) is 4.76. The van der Waals surface area contributed by atoms with Crippen molar-refractivity contribution in [1.82, 2.24) is 0 Å². The third kappa shape index (κ3) is 0.426. The van der Waals surface area contributed by atoms with E-state index >= 15 is 0 Å². The van der Waals surface area contributed by atoms with Crippen LogP contribution in [-0.2, 0) is 0 Å². The van der Waals surface area contributed by atoms with Crippen LogP contribution >= 0.6 is 0 Å². The molecule has 4 rings (SSSR count). The van der Waals surface area contributed by atoms with Crippen molar-refractivity contribution in [2.75, 3.05) is 0 Å². The molecule has 0 N–H and O–H groups in total. The Kier molecular flexibility index (Phi) is 0.574. The molecule has 9 heavy (non-hydrogen) atoms. The summed E-state index contributed by atoms with van der Waals surface area (Å²) in [7, 11) is 0. The molecule has 0 radical (unpaired) electrons. The van der Waals surface area contributed by atoms with Crippen LogP contribution in [0.25, 0.3) is 0 Å². The Bertz CT molecular complexity index is 153. The predicted molar refractivity (Wildman–Crippen MR) is 37.0 cm³/mol. The third-order valence-corrected chi connectivity index (χ3v) is 3.96. The van der Waals surface area contributed by atoms with Crippen LogP contribution in [0.2, 0.25) is 0 Å². The quantitative estimate of drug-likeness (QED) is 0.463. The van der Waals surface area contributed by atoms with Gasteiger partial charge in [-0.25, -0.2) is 0 Å². The highest BCUT2D eigenvalue weighted by Gasteiger charge is 2.61. The average molecular weight is 122 g/mol. The Morgan fingerprint density at radius 2 is 2.00 bits per heavy atom. The second-order valence-electron chi connectivity index (χ2n) is 4.77. The molecule has 2 atom stereocenters. The second-order valence-corrected chi connectivity index (χ2v) is 4.77. The first-order valence-electron chi connectivity index (χ1n) is 4.28. The smallest absolute Gasteiger partial charge is 0.0290 e. The Balaban J connectivity index is 1.95. The van der Waals surface area contributed by atoms with E-state index in [9.17, 15) is 0 Å². The maximum absolute atomic E-state index is 2.51. The molecule has 0 nitrogen and oxygen atoms in total. The highest BCUT2D eigenvalue weighted by molar-refractivity contribution is 5.10. The van der Waals surface area contributed by atoms with Crippen LogP contribution in [-0.4, -0.2) is 0 Å². The Morgan fingerprint density at radius 1 is 1.22 bits per heavy atom. The largest absolute Gasteiger partial charge is 0.0593 e. The van der Waals surface area contributed by atoms with Crippen LogP contribution in [0.4, 0.5) is 0 Å². The number of hydrogen-bond donors (Lipinski definition) is 0. The summed E-state index contributed by atoms with van der Waals surface area (Å²) in [5, 5.41) is 0. The monoisotopic (exact) mass is 122 g/mol. The van der Waals surface area contributed by atoms with E-state index in [1.54, 1.807) is 25.7 Å². The van der Waals surface area contributed by atoms with Crippen LogP contribution in [0.1, 0.15) is 32.6 Å². The van der Waals surface area contributed by atoms with Gasteiger partial charge in [-0.05, 0) is 48.9 Å². The van der Waals surface area contributed by atoms with E-state index in [1.807, 2.05) is 0 Å². The van der Waals surface area contributed by atoms with Gasteiger partial charge in [0.05, 0.1) is 0 Å². The lowest BCUT2D eigenvalue weighted by atomic mass is 9.55. The van der Waals surface area contributed by atoms with Crippen LogP contribution < -0.4 is 0 Å². The lowest BCUT2D eigenvalue weighted by Crippen LogP contribution is -2.40. The van der Waals surface area contributed by atoms with Gasteiger partial charge in [0, 0.05) is 0 Å². The van der Waals surface area contributed by atoms with E-state index in [0.717, 1.165) is 5.41 Å². The molecule has 4 aliphatic rings. The molecular weight excluding hydrogens is 108 g/mol. The minimum atomic E-state index is 0.855. The van der Waals surface area contributed by atoms with Crippen molar-refractivity contribution in [2.45, 2.75) is 32.6 Å². The van der Waals surface area contributed by atoms with Crippen molar-refractivity contribution >= 4 is 0 Å². The van der Waals surface area contributed by atoms with Gasteiger partial charge in [0.15, 0.2) is 0 Å². The summed E-state index contributed by atoms with van der Waals surface area (Å²) in [6.07, 6.45) is 6.34. The maximum Gasteiger partial charge on any atom is -0.0290 e. The molecule has 0 spiro atoms. The van der Waals surface area contributed by atoms with E-state index in [0.29, 0.717) is 0 Å². The Labute approximate surface area is 56.6 Å². The van der Waals surface area contributed by atoms with Gasteiger partial charge in [0.2, 0.25) is 0 Å². The molecule has 0 amide bonds. The molecule has 2 unspecified atom stereocenters. The van der Waals surface area contributed by atoms with Crippen molar-refractivity contribution < 1.29 is 0 Å². The summed E-state index contributed by atoms with van der Waals surface area (Å²) in [4.78, 5) is 0. The summed E-state index contributed by atoms with van der Waals surface area (Å²) in [5.74, 6) is 3.55. The molecular formula is C9H14. The molecule has 0 aliphatic heterocycles. The topological polar surface area (TPSA) is 0 Å². The van der Waals surface area contributed by atoms with E-state index in [2.05, 4.69) is 6.92 Å². The normalized spacial score (nSPS) is 68.3. The van der Waals surface area contributed by atoms with Gasteiger partial charge in [0.25, 0.3) is 0 Å². The van der Waals surface area contributed by atoms with E-state index in [4.69, 9.17) is 0 Å². The molecule has 0 heterocycles. The number of rotatable bonds is 0. The molecule has 50 valence electrons. The summed E-state index contributed by atoms with van der Waals surface area (Å²) >= 11 is 0. The molecule has 0 saturated heterocycles. The van der Waals surface area contributed by atoms with Crippen LogP contribution in [0, 0.1) is 23.2 Å². The Morgan fingerprint density at radius 3 is 2.56 bits per heavy atom. The predicted octanol–water partition coefficient (Wildman–Crippen LogP) is 2.44. The molecule has 0 aromatic heterocycles. The van der Waals surface area contributed by atoms with Crippen molar-refractivity contribution in [3.63, 3.8) is 0 Å². The molecule has 4 saturated carbocycles. The highest BCUT2D eigenvalue weighted by atomic mass is 14.7. The second kappa shape index (κ2) is 1.09. The third-order valence-electron chi connectivity index (χ3n) is 3.96. The maximum atomic E-state index is 2.51. The van der Waals surface area contributed by atoms with Gasteiger partial charge in [-0.3, -0.25) is 0 Å². The highest BCUT2D eigenvalue weighted by Crippen LogP contribution is 2.70. The summed E-state index contributed by atoms with van der Waals surface area (Å²) in [6, 6.07) is 0. The van der Waals surface area contributed by atoms with Gasteiger partial charge in [-0.1, -0.05) is 6.92 Å². The summed E-state index contributed by atoms with van der Waals surface area (Å²) in [5.41, 5.74) is 0.855. The average Bonchev–Trinajstić information content (AvgIpc) is 2.40. The molecule has 0 aromatic rings. The van der Waals surface area contributed by atoms with Crippen molar-refractivity contribution in [1.29, 1.82) is 0 Å². The molecule has 0 heteroatoms. The first-order chi connectivity index (χ1) is 4.28. The summed E-state index contributed by atoms with van der Waals surface area (Å²) < 4.78 is 0. The lowest BCUT2D eigenvalue weighted by Gasteiger charge is -2.50. The van der Waals surface area contributed by atoms with Gasteiger partial charge < -0.3 is 0 Å². The SMILES string of the molecule is CC12CC(CC3CC31)C2. The van der Waals surface area contributed by atoms with Gasteiger partial charge in [-0.2, -0.15) is 0 Å². The van der Waals surface area contributed by atoms with Gasteiger partial charge >= 0.3 is 0 Å². The van der Waals surface area contributed by atoms with Crippen molar-refractivity contribution in [3.05, 3.63) is 0 Å². The molecule has 4 aliphatic carbocycles. The van der Waals surface area contributed by atoms with Crippen molar-refractivity contribution in [3.8, 4) is 0 Å². The molecule has 4 fully saturated rings. The zero-order valence-electron chi connectivity index (χ0n) is 6.06. The van der Waals surface area contributed by atoms with E-state index in [-0.39, 0.29) is 0 Å². The van der Waals surface area contributed by atoms with Crippen molar-refractivity contribution in [2.24, 2.45) is 23.2 Å². The zero-order valence-corrected chi connectivity index (χ0v) is 6.06. The van der Waals surface area contributed by atoms with Gasteiger partial charge in [0.1, 0.15) is 0 Å². The summed E-state index contributed by atoms with van der Waals surface area (Å²) in [6.45, 7) is 2.51. The first-order valence-corrected chi connectivity index (χ1v) is 4.28.